The van der Waals surface area contributed by atoms with Gasteiger partial charge in [0.05, 0.1) is 13.2 Å². The summed E-state index contributed by atoms with van der Waals surface area (Å²) in [6, 6.07) is 20.8. The summed E-state index contributed by atoms with van der Waals surface area (Å²) < 4.78 is 0. The Morgan fingerprint density at radius 3 is 2.29 bits per heavy atom. The topological polar surface area (TPSA) is 63.1 Å². The number of hydrogen-bond donors (Lipinski definition) is 3. The molecule has 0 aliphatic carbocycles. The molecule has 1 unspecified atom stereocenters. The second-order valence-electron chi connectivity index (χ2n) is 7.95. The lowest BCUT2D eigenvalue weighted by Gasteiger charge is -2.36. The first-order valence-electron chi connectivity index (χ1n) is 11.5. The first kappa shape index (κ1) is 23.1. The van der Waals surface area contributed by atoms with E-state index in [1.54, 1.807) is 0 Å². The number of nitrogens with one attached hydrogen (secondary N) is 2. The summed E-state index contributed by atoms with van der Waals surface area (Å²) in [4.78, 5) is 9.71. The number of guanidine groups is 1. The predicted molar refractivity (Wildman–Crippen MR) is 130 cm³/mol. The van der Waals surface area contributed by atoms with E-state index in [4.69, 9.17) is 4.99 Å². The van der Waals surface area contributed by atoms with Crippen molar-refractivity contribution < 1.29 is 5.11 Å². The number of para-hydroxylation sites is 1. The summed E-state index contributed by atoms with van der Waals surface area (Å²) in [5, 5.41) is 16.5. The third kappa shape index (κ3) is 7.56. The summed E-state index contributed by atoms with van der Waals surface area (Å²) in [5.41, 5.74) is 2.45. The molecule has 2 aromatic carbocycles. The van der Waals surface area contributed by atoms with Crippen LogP contribution in [-0.2, 0) is 0 Å². The number of hydrogen-bond acceptors (Lipinski definition) is 4. The van der Waals surface area contributed by atoms with Gasteiger partial charge in [-0.15, -0.1) is 0 Å². The van der Waals surface area contributed by atoms with Gasteiger partial charge in [0.15, 0.2) is 5.96 Å². The minimum absolute atomic E-state index is 0.0255. The maximum absolute atomic E-state index is 9.75. The van der Waals surface area contributed by atoms with Crippen LogP contribution in [0.5, 0.6) is 0 Å². The molecule has 1 aliphatic heterocycles. The van der Waals surface area contributed by atoms with Crippen molar-refractivity contribution in [2.45, 2.75) is 19.3 Å². The summed E-state index contributed by atoms with van der Waals surface area (Å²) in [6.45, 7) is 9.94. The van der Waals surface area contributed by atoms with Crippen LogP contribution in [0.15, 0.2) is 65.7 Å². The number of benzene rings is 2. The number of aliphatic hydroxyl groups excluding tert-OH is 1. The van der Waals surface area contributed by atoms with Gasteiger partial charge in [-0.3, -0.25) is 9.89 Å². The first-order valence-corrected chi connectivity index (χ1v) is 11.5. The molecule has 0 radical (unpaired) electrons. The quantitative estimate of drug-likeness (QED) is 0.311. The summed E-state index contributed by atoms with van der Waals surface area (Å²) in [7, 11) is 0. The first-order chi connectivity index (χ1) is 15.3. The van der Waals surface area contributed by atoms with Crippen LogP contribution in [0.2, 0.25) is 0 Å². The number of aliphatic imine (C=N–C) groups is 1. The SMILES string of the molecule is CCNC(=NCC(CO)c1ccccc1)NCCCN1CCN(c2ccccc2)CC1. The van der Waals surface area contributed by atoms with Crippen LogP contribution in [0.1, 0.15) is 24.8 Å². The van der Waals surface area contributed by atoms with E-state index in [1.807, 2.05) is 30.3 Å². The highest BCUT2D eigenvalue weighted by Gasteiger charge is 2.16. The van der Waals surface area contributed by atoms with Gasteiger partial charge in [0.1, 0.15) is 0 Å². The number of piperazine rings is 1. The van der Waals surface area contributed by atoms with Crippen molar-refractivity contribution in [3.05, 3.63) is 66.2 Å². The van der Waals surface area contributed by atoms with E-state index < -0.39 is 0 Å². The number of nitrogens with zero attached hydrogens (tertiary/aromatic N) is 3. The van der Waals surface area contributed by atoms with Crippen molar-refractivity contribution in [2.75, 3.05) is 63.9 Å². The molecule has 1 heterocycles. The van der Waals surface area contributed by atoms with E-state index >= 15 is 0 Å². The van der Waals surface area contributed by atoms with Crippen LogP contribution in [0, 0.1) is 0 Å². The zero-order chi connectivity index (χ0) is 21.7. The van der Waals surface area contributed by atoms with E-state index in [0.29, 0.717) is 6.54 Å². The van der Waals surface area contributed by atoms with Crippen molar-refractivity contribution in [3.63, 3.8) is 0 Å². The maximum atomic E-state index is 9.75. The van der Waals surface area contributed by atoms with Gasteiger partial charge in [-0.1, -0.05) is 48.5 Å². The van der Waals surface area contributed by atoms with Gasteiger partial charge < -0.3 is 20.6 Å². The second kappa shape index (κ2) is 13.0. The van der Waals surface area contributed by atoms with Gasteiger partial charge in [0.25, 0.3) is 0 Å². The Kier molecular flexibility index (Phi) is 9.67. The van der Waals surface area contributed by atoms with Gasteiger partial charge in [-0.05, 0) is 37.6 Å². The molecule has 0 aromatic heterocycles. The Hall–Kier alpha value is -2.57. The van der Waals surface area contributed by atoms with Crippen LogP contribution >= 0.6 is 0 Å². The fourth-order valence-electron chi connectivity index (χ4n) is 3.91. The normalized spacial score (nSPS) is 16.2. The third-order valence-corrected chi connectivity index (χ3v) is 5.74. The summed E-state index contributed by atoms with van der Waals surface area (Å²) in [6.07, 6.45) is 1.08. The molecule has 0 spiro atoms. The highest BCUT2D eigenvalue weighted by Crippen LogP contribution is 2.16. The van der Waals surface area contributed by atoms with Crippen LogP contribution in [0.25, 0.3) is 0 Å². The van der Waals surface area contributed by atoms with Crippen molar-refractivity contribution >= 4 is 11.6 Å². The van der Waals surface area contributed by atoms with Crippen LogP contribution in [0.4, 0.5) is 5.69 Å². The molecule has 0 saturated carbocycles. The Balaban J connectivity index is 1.38. The molecule has 6 heteroatoms. The van der Waals surface area contributed by atoms with Crippen molar-refractivity contribution in [2.24, 2.45) is 4.99 Å². The van der Waals surface area contributed by atoms with Crippen LogP contribution < -0.4 is 15.5 Å². The lowest BCUT2D eigenvalue weighted by Crippen LogP contribution is -2.47. The molecule has 6 nitrogen and oxygen atoms in total. The highest BCUT2D eigenvalue weighted by molar-refractivity contribution is 5.79. The summed E-state index contributed by atoms with van der Waals surface area (Å²) in [5.74, 6) is 0.850. The van der Waals surface area contributed by atoms with Crippen LogP contribution in [0.3, 0.4) is 0 Å². The second-order valence-corrected chi connectivity index (χ2v) is 7.95. The van der Waals surface area contributed by atoms with E-state index in [-0.39, 0.29) is 12.5 Å². The molecule has 1 saturated heterocycles. The Morgan fingerprint density at radius 1 is 0.968 bits per heavy atom. The molecule has 1 atom stereocenters. The Labute approximate surface area is 187 Å². The van der Waals surface area contributed by atoms with Crippen molar-refractivity contribution in [1.82, 2.24) is 15.5 Å². The molecule has 3 N–H and O–H groups in total. The molecule has 1 aliphatic rings. The Bertz CT molecular complexity index is 760. The fraction of sp³-hybridized carbons (Fsp3) is 0.480. The lowest BCUT2D eigenvalue weighted by molar-refractivity contribution is 0.255. The fourth-order valence-corrected chi connectivity index (χ4v) is 3.91. The zero-order valence-corrected chi connectivity index (χ0v) is 18.7. The minimum atomic E-state index is 0.0255. The van der Waals surface area contributed by atoms with Crippen molar-refractivity contribution in [1.29, 1.82) is 0 Å². The largest absolute Gasteiger partial charge is 0.396 e. The molecule has 168 valence electrons. The maximum Gasteiger partial charge on any atom is 0.191 e. The monoisotopic (exact) mass is 423 g/mol. The predicted octanol–water partition coefficient (Wildman–Crippen LogP) is 2.53. The number of anilines is 1. The standard InChI is InChI=1S/C25H37N5O/c1-2-26-25(28-20-23(21-31)22-10-5-3-6-11-22)27-14-9-15-29-16-18-30(19-17-29)24-12-7-4-8-13-24/h3-8,10-13,23,31H,2,9,14-21H2,1H3,(H2,26,27,28). The average Bonchev–Trinajstić information content (AvgIpc) is 2.83. The van der Waals surface area contributed by atoms with Gasteiger partial charge in [0, 0.05) is 50.9 Å². The molecular weight excluding hydrogens is 386 g/mol. The molecule has 1 fully saturated rings. The average molecular weight is 424 g/mol. The number of rotatable bonds is 10. The van der Waals surface area contributed by atoms with E-state index in [0.717, 1.165) is 63.8 Å². The summed E-state index contributed by atoms with van der Waals surface area (Å²) >= 11 is 0. The van der Waals surface area contributed by atoms with Gasteiger partial charge >= 0.3 is 0 Å². The van der Waals surface area contributed by atoms with E-state index in [1.165, 1.54) is 5.69 Å². The molecule has 31 heavy (non-hydrogen) atoms. The minimum Gasteiger partial charge on any atom is -0.396 e. The number of aliphatic hydroxyl groups is 1. The lowest BCUT2D eigenvalue weighted by atomic mass is 10.0. The molecule has 3 rings (SSSR count). The smallest absolute Gasteiger partial charge is 0.191 e. The van der Waals surface area contributed by atoms with E-state index in [2.05, 4.69) is 57.7 Å². The van der Waals surface area contributed by atoms with E-state index in [9.17, 15) is 5.11 Å². The van der Waals surface area contributed by atoms with Gasteiger partial charge in [-0.2, -0.15) is 0 Å². The third-order valence-electron chi connectivity index (χ3n) is 5.74. The molecule has 2 aromatic rings. The molecule has 0 bridgehead atoms. The van der Waals surface area contributed by atoms with Crippen molar-refractivity contribution in [3.8, 4) is 0 Å². The van der Waals surface area contributed by atoms with Crippen LogP contribution in [-0.4, -0.2) is 74.9 Å². The molecule has 0 amide bonds. The molecular formula is C25H37N5O. The van der Waals surface area contributed by atoms with Gasteiger partial charge in [0.2, 0.25) is 0 Å². The zero-order valence-electron chi connectivity index (χ0n) is 18.7. The Morgan fingerprint density at radius 2 is 1.65 bits per heavy atom. The highest BCUT2D eigenvalue weighted by atomic mass is 16.3. The van der Waals surface area contributed by atoms with Gasteiger partial charge in [-0.25, -0.2) is 0 Å².